The smallest absolute Gasteiger partial charge is 0.323 e. The number of allylic oxidation sites excluding steroid dienone is 1. The molecular weight excluding hydrogens is 220 g/mol. The molecule has 0 aliphatic rings. The van der Waals surface area contributed by atoms with Gasteiger partial charge in [0.15, 0.2) is 0 Å². The highest BCUT2D eigenvalue weighted by Gasteiger charge is 2.11. The van der Waals surface area contributed by atoms with Crippen molar-refractivity contribution >= 4 is 23.4 Å². The maximum Gasteiger partial charge on any atom is 0.334 e. The molecule has 0 unspecified atom stereocenters. The van der Waals surface area contributed by atoms with Crippen molar-refractivity contribution in [2.45, 2.75) is 6.42 Å². The van der Waals surface area contributed by atoms with Gasteiger partial charge in [0.25, 0.3) is 0 Å². The largest absolute Gasteiger partial charge is 0.334 e. The fraction of sp³-hybridized carbons (Fsp3) is 0.222. The molecule has 0 aliphatic heterocycles. The predicted octanol–water partition coefficient (Wildman–Crippen LogP) is 1.93. The maximum atomic E-state index is 11.0. The third kappa shape index (κ3) is 3.21. The topological polar surface area (TPSA) is 76.0 Å². The van der Waals surface area contributed by atoms with Gasteiger partial charge in [0.1, 0.15) is 0 Å². The van der Waals surface area contributed by atoms with Crippen molar-refractivity contribution in [1.82, 2.24) is 4.98 Å². The number of nitrogens with one attached hydrogen (secondary N) is 1. The molecule has 0 radical (unpaired) electrons. The van der Waals surface area contributed by atoms with Crippen LogP contribution in [0, 0.1) is 10.1 Å². The zero-order valence-electron chi connectivity index (χ0n) is 7.77. The van der Waals surface area contributed by atoms with Gasteiger partial charge in [-0.3, -0.25) is 14.9 Å². The van der Waals surface area contributed by atoms with Gasteiger partial charge in [0.05, 0.1) is 4.92 Å². The van der Waals surface area contributed by atoms with E-state index in [2.05, 4.69) is 4.98 Å². The molecule has 15 heavy (non-hydrogen) atoms. The Balaban J connectivity index is 2.98. The van der Waals surface area contributed by atoms with Crippen LogP contribution in [-0.4, -0.2) is 15.8 Å². The number of pyridine rings is 1. The Bertz CT molecular complexity index is 439. The number of halogens is 1. The van der Waals surface area contributed by atoms with E-state index in [1.165, 1.54) is 12.3 Å². The lowest BCUT2D eigenvalue weighted by Crippen LogP contribution is -2.10. The summed E-state index contributed by atoms with van der Waals surface area (Å²) in [6.45, 7) is 0. The number of nitrogens with zero attached hydrogens (tertiary/aromatic N) is 1. The van der Waals surface area contributed by atoms with Gasteiger partial charge < -0.3 is 4.98 Å². The van der Waals surface area contributed by atoms with E-state index < -0.39 is 16.2 Å². The molecule has 1 heterocycles. The third-order valence-electron chi connectivity index (χ3n) is 1.69. The Morgan fingerprint density at radius 2 is 2.33 bits per heavy atom. The number of aromatic amines is 1. The molecule has 0 atom stereocenters. The van der Waals surface area contributed by atoms with E-state index in [0.29, 0.717) is 17.9 Å². The molecule has 0 aromatic carbocycles. The molecule has 0 amide bonds. The van der Waals surface area contributed by atoms with Crippen LogP contribution in [0.4, 0.5) is 5.69 Å². The van der Waals surface area contributed by atoms with Crippen LogP contribution >= 0.6 is 11.6 Å². The molecule has 0 saturated carbocycles. The Morgan fingerprint density at radius 1 is 1.60 bits per heavy atom. The molecule has 6 heteroatoms. The third-order valence-corrected chi connectivity index (χ3v) is 1.91. The van der Waals surface area contributed by atoms with Gasteiger partial charge in [-0.25, -0.2) is 0 Å². The van der Waals surface area contributed by atoms with Crippen molar-refractivity contribution in [2.75, 3.05) is 5.88 Å². The van der Waals surface area contributed by atoms with Crippen molar-refractivity contribution in [3.05, 3.63) is 44.4 Å². The predicted molar refractivity (Wildman–Crippen MR) is 58.1 cm³/mol. The summed E-state index contributed by atoms with van der Waals surface area (Å²) in [5.74, 6) is 0.488. The molecular formula is C9H9ClN2O3. The van der Waals surface area contributed by atoms with E-state index in [4.69, 9.17) is 11.6 Å². The van der Waals surface area contributed by atoms with E-state index in [-0.39, 0.29) is 0 Å². The number of nitro groups is 1. The number of aromatic nitrogens is 1. The molecule has 1 N–H and O–H groups in total. The van der Waals surface area contributed by atoms with Crippen LogP contribution in [-0.2, 0) is 0 Å². The monoisotopic (exact) mass is 228 g/mol. The van der Waals surface area contributed by atoms with Crippen LogP contribution in [0.3, 0.4) is 0 Å². The molecule has 0 fully saturated rings. The summed E-state index contributed by atoms with van der Waals surface area (Å²) in [4.78, 5) is 23.0. The first-order valence-corrected chi connectivity index (χ1v) is 4.78. The lowest BCUT2D eigenvalue weighted by atomic mass is 10.2. The van der Waals surface area contributed by atoms with Crippen molar-refractivity contribution in [1.29, 1.82) is 0 Å². The minimum atomic E-state index is -0.711. The SMILES string of the molecule is O=c1[nH]cc(C=CCCCl)cc1[N+](=O)[O-]. The van der Waals surface area contributed by atoms with Gasteiger partial charge in [-0.05, 0) is 12.0 Å². The summed E-state index contributed by atoms with van der Waals surface area (Å²) in [6, 6.07) is 1.23. The first-order valence-electron chi connectivity index (χ1n) is 4.25. The van der Waals surface area contributed by atoms with Crippen LogP contribution in [0.15, 0.2) is 23.1 Å². The normalized spacial score (nSPS) is 10.7. The van der Waals surface area contributed by atoms with E-state index in [1.807, 2.05) is 0 Å². The molecule has 0 aliphatic carbocycles. The van der Waals surface area contributed by atoms with E-state index in [1.54, 1.807) is 12.2 Å². The maximum absolute atomic E-state index is 11.0. The highest BCUT2D eigenvalue weighted by atomic mass is 35.5. The van der Waals surface area contributed by atoms with Crippen molar-refractivity contribution in [3.8, 4) is 0 Å². The second kappa shape index (κ2) is 5.31. The first-order chi connectivity index (χ1) is 7.15. The van der Waals surface area contributed by atoms with Crippen LogP contribution in [0.25, 0.3) is 6.08 Å². The molecule has 80 valence electrons. The number of H-pyrrole nitrogens is 1. The van der Waals surface area contributed by atoms with Crippen LogP contribution in [0.5, 0.6) is 0 Å². The summed E-state index contributed by atoms with van der Waals surface area (Å²) in [5.41, 5.74) is -0.580. The number of hydrogen-bond donors (Lipinski definition) is 1. The lowest BCUT2D eigenvalue weighted by molar-refractivity contribution is -0.386. The second-order valence-electron chi connectivity index (χ2n) is 2.78. The van der Waals surface area contributed by atoms with Crippen molar-refractivity contribution in [2.24, 2.45) is 0 Å². The molecule has 1 aromatic rings. The van der Waals surface area contributed by atoms with E-state index >= 15 is 0 Å². The Kier molecular flexibility index (Phi) is 4.05. The van der Waals surface area contributed by atoms with E-state index in [0.717, 1.165) is 0 Å². The quantitative estimate of drug-likeness (QED) is 0.486. The number of alkyl halides is 1. The first kappa shape index (κ1) is 11.5. The average Bonchev–Trinajstić information content (AvgIpc) is 2.20. The molecule has 5 nitrogen and oxygen atoms in total. The lowest BCUT2D eigenvalue weighted by Gasteiger charge is -1.93. The highest BCUT2D eigenvalue weighted by molar-refractivity contribution is 6.17. The van der Waals surface area contributed by atoms with Gasteiger partial charge in [-0.1, -0.05) is 12.2 Å². The minimum Gasteiger partial charge on any atom is -0.323 e. The molecule has 0 saturated heterocycles. The number of hydrogen-bond acceptors (Lipinski definition) is 3. The average molecular weight is 229 g/mol. The van der Waals surface area contributed by atoms with Crippen molar-refractivity contribution < 1.29 is 4.92 Å². The summed E-state index contributed by atoms with van der Waals surface area (Å²) in [7, 11) is 0. The van der Waals surface area contributed by atoms with E-state index in [9.17, 15) is 14.9 Å². The zero-order valence-corrected chi connectivity index (χ0v) is 8.53. The molecule has 0 bridgehead atoms. The van der Waals surface area contributed by atoms with Crippen molar-refractivity contribution in [3.63, 3.8) is 0 Å². The fourth-order valence-electron chi connectivity index (χ4n) is 1.00. The Morgan fingerprint density at radius 3 is 2.93 bits per heavy atom. The molecule has 1 aromatic heterocycles. The second-order valence-corrected chi connectivity index (χ2v) is 3.16. The van der Waals surface area contributed by atoms with Gasteiger partial charge in [0.2, 0.25) is 0 Å². The van der Waals surface area contributed by atoms with Crippen LogP contribution in [0.2, 0.25) is 0 Å². The number of rotatable bonds is 4. The van der Waals surface area contributed by atoms with Gasteiger partial charge >= 0.3 is 11.2 Å². The minimum absolute atomic E-state index is 0.456. The summed E-state index contributed by atoms with van der Waals surface area (Å²) >= 11 is 5.46. The van der Waals surface area contributed by atoms with Gasteiger partial charge in [-0.2, -0.15) is 0 Å². The van der Waals surface area contributed by atoms with Crippen LogP contribution in [0.1, 0.15) is 12.0 Å². The summed E-state index contributed by atoms with van der Waals surface area (Å²) < 4.78 is 0. The highest BCUT2D eigenvalue weighted by Crippen LogP contribution is 2.08. The Labute approximate surface area is 90.5 Å². The van der Waals surface area contributed by atoms with Gasteiger partial charge in [-0.15, -0.1) is 11.6 Å². The molecule has 0 spiro atoms. The molecule has 1 rings (SSSR count). The zero-order chi connectivity index (χ0) is 11.3. The fourth-order valence-corrected chi connectivity index (χ4v) is 1.13. The summed E-state index contributed by atoms with van der Waals surface area (Å²) in [6.07, 6.45) is 5.55. The van der Waals surface area contributed by atoms with Crippen LogP contribution < -0.4 is 5.56 Å². The summed E-state index contributed by atoms with van der Waals surface area (Å²) in [5, 5.41) is 10.4. The standard InChI is InChI=1S/C9H9ClN2O3/c10-4-2-1-3-7-5-8(12(14)15)9(13)11-6-7/h1,3,5-6H,2,4H2,(H,11,13). The Hall–Kier alpha value is -1.62. The van der Waals surface area contributed by atoms with Gasteiger partial charge in [0, 0.05) is 18.1 Å².